The molecule has 0 fully saturated rings. The van der Waals surface area contributed by atoms with Crippen LogP contribution in [0.1, 0.15) is 48.5 Å². The number of carbonyl (C=O) groups is 2. The van der Waals surface area contributed by atoms with Crippen LogP contribution in [0.4, 0.5) is 0 Å². The van der Waals surface area contributed by atoms with Gasteiger partial charge in [-0.2, -0.15) is 0 Å². The second-order valence-electron chi connectivity index (χ2n) is 4.36. The summed E-state index contributed by atoms with van der Waals surface area (Å²) in [6.07, 6.45) is -0.414. The van der Waals surface area contributed by atoms with Gasteiger partial charge < -0.3 is 10.2 Å². The Morgan fingerprint density at radius 1 is 1.28 bits per heavy atom. The van der Waals surface area contributed by atoms with Crippen LogP contribution in [-0.2, 0) is 4.79 Å². The molecule has 0 amide bonds. The van der Waals surface area contributed by atoms with E-state index in [9.17, 15) is 14.7 Å². The summed E-state index contributed by atoms with van der Waals surface area (Å²) < 4.78 is 0. The van der Waals surface area contributed by atoms with E-state index in [0.29, 0.717) is 10.6 Å². The summed E-state index contributed by atoms with van der Waals surface area (Å²) in [5.41, 5.74) is 0.675. The van der Waals surface area contributed by atoms with Crippen molar-refractivity contribution in [2.45, 2.75) is 32.6 Å². The van der Waals surface area contributed by atoms with E-state index in [0.717, 1.165) is 0 Å². The van der Waals surface area contributed by atoms with Crippen LogP contribution < -0.4 is 0 Å². The van der Waals surface area contributed by atoms with Gasteiger partial charge in [-0.1, -0.05) is 25.4 Å². The molecule has 1 aromatic rings. The van der Waals surface area contributed by atoms with Crippen LogP contribution in [0, 0.1) is 0 Å². The summed E-state index contributed by atoms with van der Waals surface area (Å²) in [6, 6.07) is 2.97. The van der Waals surface area contributed by atoms with Crippen LogP contribution >= 0.6 is 11.6 Å². The number of rotatable bonds is 5. The van der Waals surface area contributed by atoms with Gasteiger partial charge in [0.15, 0.2) is 5.78 Å². The van der Waals surface area contributed by atoms with E-state index < -0.39 is 11.8 Å². The number of Topliss-reactive ketones (excluding diaryl/α,β-unsaturated/α-hetero) is 1. The molecule has 0 saturated carbocycles. The molecule has 1 aromatic carbocycles. The van der Waals surface area contributed by atoms with Crippen molar-refractivity contribution in [2.24, 2.45) is 0 Å². The average molecular weight is 271 g/mol. The Morgan fingerprint density at radius 2 is 1.89 bits per heavy atom. The van der Waals surface area contributed by atoms with Crippen LogP contribution in [0.3, 0.4) is 0 Å². The zero-order valence-electron chi connectivity index (χ0n) is 10.2. The van der Waals surface area contributed by atoms with Gasteiger partial charge in [0, 0.05) is 11.4 Å². The minimum Gasteiger partial charge on any atom is -0.507 e. The van der Waals surface area contributed by atoms with Crippen LogP contribution in [0.5, 0.6) is 5.75 Å². The van der Waals surface area contributed by atoms with Gasteiger partial charge in [0.2, 0.25) is 0 Å². The second kappa shape index (κ2) is 5.87. The number of phenolic OH excluding ortho intramolecular Hbond substituents is 1. The molecular weight excluding hydrogens is 256 g/mol. The Kier molecular flexibility index (Phi) is 4.73. The fourth-order valence-corrected chi connectivity index (χ4v) is 1.85. The Balaban J connectivity index is 3.08. The summed E-state index contributed by atoms with van der Waals surface area (Å²) >= 11 is 5.89. The number of hydrogen-bond donors (Lipinski definition) is 2. The summed E-state index contributed by atoms with van der Waals surface area (Å²) in [5, 5.41) is 18.9. The van der Waals surface area contributed by atoms with Gasteiger partial charge in [0.1, 0.15) is 5.75 Å². The quantitative estimate of drug-likeness (QED) is 0.806. The van der Waals surface area contributed by atoms with Gasteiger partial charge in [0.05, 0.1) is 12.0 Å². The van der Waals surface area contributed by atoms with Crippen molar-refractivity contribution in [2.75, 3.05) is 0 Å². The molecule has 18 heavy (non-hydrogen) atoms. The molecule has 0 aliphatic carbocycles. The van der Waals surface area contributed by atoms with Gasteiger partial charge in [-0.05, 0) is 23.6 Å². The van der Waals surface area contributed by atoms with E-state index >= 15 is 0 Å². The molecule has 0 saturated heterocycles. The number of halogens is 1. The van der Waals surface area contributed by atoms with Crippen LogP contribution in [0.15, 0.2) is 12.1 Å². The molecule has 0 aliphatic heterocycles. The molecule has 0 bridgehead atoms. The highest BCUT2D eigenvalue weighted by Crippen LogP contribution is 2.33. The van der Waals surface area contributed by atoms with E-state index in [4.69, 9.17) is 16.7 Å². The Bertz CT molecular complexity index is 480. The van der Waals surface area contributed by atoms with E-state index in [1.165, 1.54) is 6.07 Å². The van der Waals surface area contributed by atoms with Crippen molar-refractivity contribution in [3.63, 3.8) is 0 Å². The maximum absolute atomic E-state index is 11.8. The van der Waals surface area contributed by atoms with Crippen molar-refractivity contribution in [3.05, 3.63) is 28.3 Å². The molecule has 4 nitrogen and oxygen atoms in total. The molecule has 0 unspecified atom stereocenters. The number of aromatic hydroxyl groups is 1. The number of carboxylic acids is 1. The Labute approximate surface area is 110 Å². The summed E-state index contributed by atoms with van der Waals surface area (Å²) in [4.78, 5) is 22.2. The van der Waals surface area contributed by atoms with Gasteiger partial charge in [-0.15, -0.1) is 0 Å². The first-order valence-electron chi connectivity index (χ1n) is 5.60. The fourth-order valence-electron chi connectivity index (χ4n) is 1.63. The predicted molar refractivity (Wildman–Crippen MR) is 68.4 cm³/mol. The van der Waals surface area contributed by atoms with Crippen molar-refractivity contribution in [1.82, 2.24) is 0 Å². The molecule has 2 N–H and O–H groups in total. The molecule has 0 heterocycles. The SMILES string of the molecule is CC(C)c1cc(Cl)cc(C(=O)CCC(=O)O)c1O. The number of carboxylic acid groups (broad SMARTS) is 1. The second-order valence-corrected chi connectivity index (χ2v) is 4.80. The third-order valence-corrected chi connectivity index (χ3v) is 2.81. The van der Waals surface area contributed by atoms with Crippen LogP contribution in [0.25, 0.3) is 0 Å². The minimum atomic E-state index is -1.05. The number of phenols is 1. The molecule has 0 aromatic heterocycles. The molecule has 0 spiro atoms. The molecular formula is C13H15ClO4. The third kappa shape index (κ3) is 3.47. The number of aliphatic carboxylic acids is 1. The highest BCUT2D eigenvalue weighted by molar-refractivity contribution is 6.31. The topological polar surface area (TPSA) is 74.6 Å². The van der Waals surface area contributed by atoms with Crippen molar-refractivity contribution < 1.29 is 19.8 Å². The number of hydrogen-bond acceptors (Lipinski definition) is 3. The number of carbonyl (C=O) groups excluding carboxylic acids is 1. The minimum absolute atomic E-state index is 0.0229. The first kappa shape index (κ1) is 14.5. The number of benzene rings is 1. The first-order chi connectivity index (χ1) is 8.32. The normalized spacial score (nSPS) is 10.7. The molecule has 0 aliphatic rings. The lowest BCUT2D eigenvalue weighted by molar-refractivity contribution is -0.136. The number of ketones is 1. The van der Waals surface area contributed by atoms with Gasteiger partial charge in [0.25, 0.3) is 0 Å². The zero-order chi connectivity index (χ0) is 13.9. The lowest BCUT2D eigenvalue weighted by Gasteiger charge is -2.12. The maximum atomic E-state index is 11.8. The lowest BCUT2D eigenvalue weighted by atomic mass is 9.96. The lowest BCUT2D eigenvalue weighted by Crippen LogP contribution is -2.05. The van der Waals surface area contributed by atoms with Crippen molar-refractivity contribution >= 4 is 23.4 Å². The molecule has 1 rings (SSSR count). The van der Waals surface area contributed by atoms with E-state index in [1.807, 2.05) is 13.8 Å². The average Bonchev–Trinajstić information content (AvgIpc) is 2.28. The molecule has 98 valence electrons. The summed E-state index contributed by atoms with van der Waals surface area (Å²) in [6.45, 7) is 3.74. The molecule has 0 atom stereocenters. The monoisotopic (exact) mass is 270 g/mol. The zero-order valence-corrected chi connectivity index (χ0v) is 11.0. The van der Waals surface area contributed by atoms with Crippen molar-refractivity contribution in [3.8, 4) is 5.75 Å². The summed E-state index contributed by atoms with van der Waals surface area (Å²) in [7, 11) is 0. The maximum Gasteiger partial charge on any atom is 0.303 e. The van der Waals surface area contributed by atoms with Gasteiger partial charge >= 0.3 is 5.97 Å². The molecule has 5 heteroatoms. The Hall–Kier alpha value is -1.55. The molecule has 0 radical (unpaired) electrons. The van der Waals surface area contributed by atoms with E-state index in [-0.39, 0.29) is 30.1 Å². The highest BCUT2D eigenvalue weighted by Gasteiger charge is 2.18. The fraction of sp³-hybridized carbons (Fsp3) is 0.385. The predicted octanol–water partition coefficient (Wildman–Crippen LogP) is 3.22. The Morgan fingerprint density at radius 3 is 2.39 bits per heavy atom. The van der Waals surface area contributed by atoms with E-state index in [2.05, 4.69) is 0 Å². The summed E-state index contributed by atoms with van der Waals surface area (Å²) in [5.74, 6) is -1.55. The first-order valence-corrected chi connectivity index (χ1v) is 5.98. The van der Waals surface area contributed by atoms with Crippen molar-refractivity contribution in [1.29, 1.82) is 0 Å². The smallest absolute Gasteiger partial charge is 0.303 e. The highest BCUT2D eigenvalue weighted by atomic mass is 35.5. The van der Waals surface area contributed by atoms with Gasteiger partial charge in [-0.25, -0.2) is 0 Å². The van der Waals surface area contributed by atoms with Crippen LogP contribution in [0.2, 0.25) is 5.02 Å². The largest absolute Gasteiger partial charge is 0.507 e. The van der Waals surface area contributed by atoms with Crippen LogP contribution in [-0.4, -0.2) is 22.0 Å². The standard InChI is InChI=1S/C13H15ClO4/c1-7(2)9-5-8(14)6-10(13(9)18)11(15)3-4-12(16)17/h5-7,18H,3-4H2,1-2H3,(H,16,17). The van der Waals surface area contributed by atoms with E-state index in [1.54, 1.807) is 6.07 Å². The van der Waals surface area contributed by atoms with Gasteiger partial charge in [-0.3, -0.25) is 9.59 Å². The third-order valence-electron chi connectivity index (χ3n) is 2.59.